The Balaban J connectivity index is 1.92. The number of carbonyl (C=O) groups excluding carboxylic acids is 1. The Morgan fingerprint density at radius 2 is 1.64 bits per heavy atom. The van der Waals surface area contributed by atoms with Crippen LogP contribution < -0.4 is 10.4 Å². The lowest BCUT2D eigenvalue weighted by Gasteiger charge is -2.14. The van der Waals surface area contributed by atoms with E-state index in [4.69, 9.17) is 16.0 Å². The fraction of sp³-hybridized carbons (Fsp3) is 0.0500. The normalized spacial score (nSPS) is 15.6. The Morgan fingerprint density at radius 1 is 1.00 bits per heavy atom. The van der Waals surface area contributed by atoms with Gasteiger partial charge in [0.2, 0.25) is 0 Å². The average Bonchev–Trinajstić information content (AvgIpc) is 3.06. The van der Waals surface area contributed by atoms with Crippen LogP contribution in [-0.2, 0) is 4.79 Å². The van der Waals surface area contributed by atoms with Crippen LogP contribution in [0.2, 0.25) is 5.02 Å². The highest BCUT2D eigenvalue weighted by Gasteiger charge is 2.48. The molecule has 0 spiro atoms. The van der Waals surface area contributed by atoms with Crippen LogP contribution in [0.1, 0.15) is 5.56 Å². The number of alkyl halides is 3. The van der Waals surface area contributed by atoms with Gasteiger partial charge < -0.3 is 4.42 Å². The van der Waals surface area contributed by atoms with Gasteiger partial charge in [0.05, 0.1) is 16.5 Å². The third kappa shape index (κ3) is 3.75. The number of rotatable bonds is 2. The third-order valence-electron chi connectivity index (χ3n) is 4.51. The molecule has 3 aromatic rings. The molecule has 0 unspecified atom stereocenters. The number of hydrogen-bond acceptors (Lipinski definition) is 4. The number of anilines is 1. The van der Waals surface area contributed by atoms with Crippen molar-refractivity contribution in [3.63, 3.8) is 0 Å². The summed E-state index contributed by atoms with van der Waals surface area (Å²) >= 11 is 5.80. The summed E-state index contributed by atoms with van der Waals surface area (Å²) in [7, 11) is 0. The molecule has 33 heavy (non-hydrogen) atoms. The molecule has 1 aliphatic heterocycles. The topological polar surface area (TPSA) is 62.9 Å². The van der Waals surface area contributed by atoms with E-state index in [9.17, 15) is 40.3 Å². The van der Waals surface area contributed by atoms with Crippen LogP contribution in [0.4, 0.5) is 36.4 Å². The van der Waals surface area contributed by atoms with Crippen molar-refractivity contribution in [1.82, 2.24) is 0 Å². The highest BCUT2D eigenvalue weighted by atomic mass is 35.5. The number of fused-ring (bicyclic) bond motifs is 1. The monoisotopic (exact) mass is 490 g/mol. The maximum absolute atomic E-state index is 14.1. The number of nitrogens with zero attached hydrogens (tertiary/aromatic N) is 2. The first-order valence-corrected chi connectivity index (χ1v) is 9.04. The number of amides is 1. The number of carbonyl (C=O) groups is 1. The van der Waals surface area contributed by atoms with E-state index in [2.05, 4.69) is 5.10 Å². The SMILES string of the molecule is O=C1/C(=C\c2coc3ccc(Cl)cc3c2=O)C(C(F)(F)F)=NN1c1c(F)c(F)cc(F)c1F. The molecule has 0 atom stereocenters. The van der Waals surface area contributed by atoms with Gasteiger partial charge >= 0.3 is 6.18 Å². The highest BCUT2D eigenvalue weighted by Crippen LogP contribution is 2.36. The molecule has 5 nitrogen and oxygen atoms in total. The maximum Gasteiger partial charge on any atom is 0.435 e. The fourth-order valence-corrected chi connectivity index (χ4v) is 3.20. The number of benzene rings is 2. The number of halogens is 8. The van der Waals surface area contributed by atoms with Gasteiger partial charge in [0.15, 0.2) is 34.4 Å². The lowest BCUT2D eigenvalue weighted by Crippen LogP contribution is -2.26. The van der Waals surface area contributed by atoms with Crippen LogP contribution >= 0.6 is 11.6 Å². The van der Waals surface area contributed by atoms with Gasteiger partial charge in [-0.05, 0) is 24.3 Å². The Morgan fingerprint density at radius 3 is 2.24 bits per heavy atom. The molecule has 170 valence electrons. The lowest BCUT2D eigenvalue weighted by molar-refractivity contribution is -0.114. The van der Waals surface area contributed by atoms with Gasteiger partial charge in [-0.2, -0.15) is 23.3 Å². The van der Waals surface area contributed by atoms with E-state index < -0.39 is 68.3 Å². The smallest absolute Gasteiger partial charge is 0.435 e. The number of hydrazone groups is 1. The molecular formula is C20H6ClF7N2O3. The summed E-state index contributed by atoms with van der Waals surface area (Å²) in [6, 6.07) is 3.70. The molecule has 0 radical (unpaired) electrons. The average molecular weight is 491 g/mol. The summed E-state index contributed by atoms with van der Waals surface area (Å²) in [6.45, 7) is 0. The quantitative estimate of drug-likeness (QED) is 0.276. The predicted molar refractivity (Wildman–Crippen MR) is 103 cm³/mol. The van der Waals surface area contributed by atoms with Gasteiger partial charge in [-0.25, -0.2) is 17.6 Å². The van der Waals surface area contributed by atoms with Gasteiger partial charge in [0, 0.05) is 11.1 Å². The van der Waals surface area contributed by atoms with E-state index in [0.717, 1.165) is 6.26 Å². The van der Waals surface area contributed by atoms with Crippen LogP contribution in [0.25, 0.3) is 17.0 Å². The van der Waals surface area contributed by atoms with Gasteiger partial charge in [-0.1, -0.05) is 11.6 Å². The van der Waals surface area contributed by atoms with Crippen LogP contribution in [0, 0.1) is 23.3 Å². The van der Waals surface area contributed by atoms with Crippen LogP contribution in [0.5, 0.6) is 0 Å². The van der Waals surface area contributed by atoms with E-state index in [0.29, 0.717) is 6.08 Å². The van der Waals surface area contributed by atoms with E-state index in [1.807, 2.05) is 0 Å². The molecule has 1 aromatic heterocycles. The van der Waals surface area contributed by atoms with E-state index in [1.165, 1.54) is 18.2 Å². The van der Waals surface area contributed by atoms with Crippen molar-refractivity contribution in [2.24, 2.45) is 5.10 Å². The van der Waals surface area contributed by atoms with Crippen molar-refractivity contribution < 1.29 is 39.9 Å². The zero-order valence-electron chi connectivity index (χ0n) is 15.6. The minimum Gasteiger partial charge on any atom is -0.463 e. The van der Waals surface area contributed by atoms with Crippen LogP contribution in [0.3, 0.4) is 0 Å². The Hall–Kier alpha value is -3.67. The molecule has 0 aliphatic carbocycles. The molecule has 2 heterocycles. The van der Waals surface area contributed by atoms with Crippen molar-refractivity contribution in [3.05, 3.63) is 80.2 Å². The second kappa shape index (κ2) is 7.73. The molecule has 0 saturated carbocycles. The van der Waals surface area contributed by atoms with E-state index in [1.54, 1.807) is 0 Å². The Labute approximate surface area is 183 Å². The third-order valence-corrected chi connectivity index (χ3v) is 4.74. The highest BCUT2D eigenvalue weighted by molar-refractivity contribution is 6.34. The summed E-state index contributed by atoms with van der Waals surface area (Å²) in [4.78, 5) is 25.3. The standard InChI is InChI=1S/C20H6ClF7N2O3/c21-8-1-2-13-9(4-8)17(31)7(6-33-13)3-10-18(20(26,27)28)29-30(19(10)32)16-14(24)11(22)5-12(23)15(16)25/h1-6H/b10-3-. The molecule has 13 heteroatoms. The predicted octanol–water partition coefficient (Wildman–Crippen LogP) is 5.35. The van der Waals surface area contributed by atoms with Crippen molar-refractivity contribution in [1.29, 1.82) is 0 Å². The van der Waals surface area contributed by atoms with Crippen molar-refractivity contribution in [2.45, 2.75) is 6.18 Å². The Kier molecular flexibility index (Phi) is 5.27. The lowest BCUT2D eigenvalue weighted by atomic mass is 10.1. The van der Waals surface area contributed by atoms with Gasteiger partial charge in [0.25, 0.3) is 5.91 Å². The number of hydrogen-bond donors (Lipinski definition) is 0. The maximum atomic E-state index is 14.1. The Bertz CT molecular complexity index is 1430. The zero-order valence-corrected chi connectivity index (χ0v) is 16.4. The summed E-state index contributed by atoms with van der Waals surface area (Å²) < 4.78 is 101. The molecule has 1 amide bonds. The molecular weight excluding hydrogens is 485 g/mol. The van der Waals surface area contributed by atoms with E-state index >= 15 is 0 Å². The molecule has 0 saturated heterocycles. The van der Waals surface area contributed by atoms with Crippen molar-refractivity contribution in [3.8, 4) is 0 Å². The first kappa shape index (κ1) is 22.5. The second-order valence-corrected chi connectivity index (χ2v) is 7.04. The molecule has 0 fully saturated rings. The molecule has 1 aliphatic rings. The fourth-order valence-electron chi connectivity index (χ4n) is 3.03. The van der Waals surface area contributed by atoms with E-state index in [-0.39, 0.29) is 22.1 Å². The summed E-state index contributed by atoms with van der Waals surface area (Å²) in [5.41, 5.74) is -6.47. The molecule has 2 aromatic carbocycles. The largest absolute Gasteiger partial charge is 0.463 e. The van der Waals surface area contributed by atoms with Crippen molar-refractivity contribution >= 4 is 46.0 Å². The summed E-state index contributed by atoms with van der Waals surface area (Å²) in [5.74, 6) is -10.0. The van der Waals surface area contributed by atoms with Gasteiger partial charge in [0.1, 0.15) is 17.5 Å². The summed E-state index contributed by atoms with van der Waals surface area (Å²) in [5, 5.41) is 2.35. The van der Waals surface area contributed by atoms with Gasteiger partial charge in [-0.3, -0.25) is 9.59 Å². The van der Waals surface area contributed by atoms with Crippen LogP contribution in [0.15, 0.2) is 50.4 Å². The molecule has 4 rings (SSSR count). The molecule has 0 N–H and O–H groups in total. The minimum absolute atomic E-state index is 0.0371. The zero-order chi connectivity index (χ0) is 24.2. The van der Waals surface area contributed by atoms with Gasteiger partial charge in [-0.15, -0.1) is 0 Å². The molecule has 0 bridgehead atoms. The minimum atomic E-state index is -5.35. The summed E-state index contributed by atoms with van der Waals surface area (Å²) in [6.07, 6.45) is -4.17. The van der Waals surface area contributed by atoms with Crippen molar-refractivity contribution in [2.75, 3.05) is 5.01 Å². The van der Waals surface area contributed by atoms with Crippen LogP contribution in [-0.4, -0.2) is 17.8 Å². The first-order chi connectivity index (χ1) is 15.4. The first-order valence-electron chi connectivity index (χ1n) is 8.66. The second-order valence-electron chi connectivity index (χ2n) is 6.60.